The van der Waals surface area contributed by atoms with E-state index in [1.807, 2.05) is 24.3 Å². The topological polar surface area (TPSA) is 20.2 Å². The summed E-state index contributed by atoms with van der Waals surface area (Å²) in [4.78, 5) is 0. The lowest BCUT2D eigenvalue weighted by Gasteiger charge is -2.20. The van der Waals surface area contributed by atoms with E-state index in [1.54, 1.807) is 18.2 Å². The lowest BCUT2D eigenvalue weighted by molar-refractivity contribution is 0.220. The van der Waals surface area contributed by atoms with Crippen LogP contribution >= 0.6 is 23.2 Å². The fourth-order valence-electron chi connectivity index (χ4n) is 2.08. The Bertz CT molecular complexity index is 597. The van der Waals surface area contributed by atoms with Crippen LogP contribution in [0, 0.1) is 0 Å². The van der Waals surface area contributed by atoms with Gasteiger partial charge in [-0.05, 0) is 22.6 Å². The number of benzene rings is 2. The van der Waals surface area contributed by atoms with Gasteiger partial charge in [0.05, 0.1) is 10.0 Å². The molecule has 0 aliphatic carbocycles. The molecule has 0 saturated carbocycles. The highest BCUT2D eigenvalue weighted by atomic mass is 35.5. The first kappa shape index (κ1) is 15.4. The van der Waals surface area contributed by atoms with Crippen molar-refractivity contribution in [2.45, 2.75) is 32.3 Å². The molecule has 0 amide bonds. The predicted molar refractivity (Wildman–Crippen MR) is 85.7 cm³/mol. The van der Waals surface area contributed by atoms with E-state index in [0.717, 1.165) is 5.56 Å². The summed E-state index contributed by atoms with van der Waals surface area (Å²) in [6.07, 6.45) is -0.768. The zero-order chi connectivity index (χ0) is 14.9. The third-order valence-electron chi connectivity index (χ3n) is 3.37. The second kappa shape index (κ2) is 5.77. The van der Waals surface area contributed by atoms with Gasteiger partial charge in [0.1, 0.15) is 6.10 Å². The number of hydrogen-bond donors (Lipinski definition) is 1. The van der Waals surface area contributed by atoms with E-state index in [2.05, 4.69) is 20.8 Å². The first-order chi connectivity index (χ1) is 9.30. The van der Waals surface area contributed by atoms with Crippen molar-refractivity contribution in [1.29, 1.82) is 0 Å². The van der Waals surface area contributed by atoms with E-state index < -0.39 is 6.10 Å². The molecule has 0 heterocycles. The molecule has 0 aromatic heterocycles. The van der Waals surface area contributed by atoms with Gasteiger partial charge in [-0.25, -0.2) is 0 Å². The minimum Gasteiger partial charge on any atom is -0.384 e. The molecule has 2 aromatic carbocycles. The maximum atomic E-state index is 10.4. The van der Waals surface area contributed by atoms with Crippen molar-refractivity contribution in [3.05, 3.63) is 69.2 Å². The first-order valence-corrected chi connectivity index (χ1v) is 7.28. The number of halogens is 2. The summed E-state index contributed by atoms with van der Waals surface area (Å²) in [5, 5.41) is 11.3. The minimum atomic E-state index is -0.768. The van der Waals surface area contributed by atoms with Gasteiger partial charge in [0.2, 0.25) is 0 Å². The molecule has 0 saturated heterocycles. The lowest BCUT2D eigenvalue weighted by atomic mass is 9.86. The number of aliphatic hydroxyl groups excluding tert-OH is 1. The van der Waals surface area contributed by atoms with E-state index in [0.29, 0.717) is 15.6 Å². The van der Waals surface area contributed by atoms with E-state index in [1.165, 1.54) is 5.56 Å². The van der Waals surface area contributed by atoms with E-state index in [9.17, 15) is 5.11 Å². The van der Waals surface area contributed by atoms with Crippen LogP contribution in [0.15, 0.2) is 42.5 Å². The fourth-order valence-corrected chi connectivity index (χ4v) is 2.49. The molecule has 0 aliphatic heterocycles. The predicted octanol–water partition coefficient (Wildman–Crippen LogP) is 5.37. The molecule has 0 fully saturated rings. The van der Waals surface area contributed by atoms with Crippen LogP contribution in [0.5, 0.6) is 0 Å². The van der Waals surface area contributed by atoms with Crippen LogP contribution in [0.25, 0.3) is 0 Å². The van der Waals surface area contributed by atoms with Crippen LogP contribution in [-0.4, -0.2) is 5.11 Å². The molecule has 0 spiro atoms. The Morgan fingerprint density at radius 2 is 1.55 bits per heavy atom. The first-order valence-electron chi connectivity index (χ1n) is 6.53. The van der Waals surface area contributed by atoms with E-state index >= 15 is 0 Å². The Morgan fingerprint density at radius 3 is 2.10 bits per heavy atom. The SMILES string of the molecule is CC(C)(C)c1ccc(C(O)c2cccc(Cl)c2Cl)cc1. The Balaban J connectivity index is 2.34. The van der Waals surface area contributed by atoms with E-state index in [-0.39, 0.29) is 5.41 Å². The molecule has 3 heteroatoms. The van der Waals surface area contributed by atoms with Gasteiger partial charge in [0.25, 0.3) is 0 Å². The summed E-state index contributed by atoms with van der Waals surface area (Å²) >= 11 is 12.1. The van der Waals surface area contributed by atoms with Crippen molar-refractivity contribution >= 4 is 23.2 Å². The van der Waals surface area contributed by atoms with Crippen LogP contribution in [0.4, 0.5) is 0 Å². The van der Waals surface area contributed by atoms with Crippen LogP contribution in [0.2, 0.25) is 10.0 Å². The average Bonchev–Trinajstić information content (AvgIpc) is 2.40. The van der Waals surface area contributed by atoms with Crippen LogP contribution in [-0.2, 0) is 5.41 Å². The summed E-state index contributed by atoms with van der Waals surface area (Å²) < 4.78 is 0. The zero-order valence-corrected chi connectivity index (χ0v) is 13.3. The maximum absolute atomic E-state index is 10.4. The number of rotatable bonds is 2. The Hall–Kier alpha value is -1.02. The molecular formula is C17H18Cl2O. The highest BCUT2D eigenvalue weighted by Gasteiger charge is 2.17. The van der Waals surface area contributed by atoms with Crippen LogP contribution < -0.4 is 0 Å². The minimum absolute atomic E-state index is 0.0944. The Morgan fingerprint density at radius 1 is 0.950 bits per heavy atom. The number of hydrogen-bond acceptors (Lipinski definition) is 1. The standard InChI is InChI=1S/C17H18Cl2O/c1-17(2,3)12-9-7-11(8-10-12)16(20)13-5-4-6-14(18)15(13)19/h4-10,16,20H,1-3H3. The zero-order valence-electron chi connectivity index (χ0n) is 11.8. The van der Waals surface area contributed by atoms with Crippen molar-refractivity contribution < 1.29 is 5.11 Å². The van der Waals surface area contributed by atoms with Gasteiger partial charge < -0.3 is 5.11 Å². The Labute approximate surface area is 130 Å². The molecule has 106 valence electrons. The van der Waals surface area contributed by atoms with Crippen molar-refractivity contribution in [2.75, 3.05) is 0 Å². The van der Waals surface area contributed by atoms with Crippen molar-refractivity contribution in [1.82, 2.24) is 0 Å². The van der Waals surface area contributed by atoms with Gasteiger partial charge in [-0.1, -0.05) is 80.4 Å². The second-order valence-corrected chi connectivity index (χ2v) is 6.70. The Kier molecular flexibility index (Phi) is 4.43. The lowest BCUT2D eigenvalue weighted by Crippen LogP contribution is -2.11. The molecule has 20 heavy (non-hydrogen) atoms. The third-order valence-corrected chi connectivity index (χ3v) is 4.20. The molecule has 1 N–H and O–H groups in total. The molecular weight excluding hydrogens is 291 g/mol. The number of aliphatic hydroxyl groups is 1. The highest BCUT2D eigenvalue weighted by molar-refractivity contribution is 6.42. The summed E-state index contributed by atoms with van der Waals surface area (Å²) in [5.41, 5.74) is 2.76. The summed E-state index contributed by atoms with van der Waals surface area (Å²) in [5.74, 6) is 0. The normalized spacial score (nSPS) is 13.3. The van der Waals surface area contributed by atoms with Crippen molar-refractivity contribution in [3.63, 3.8) is 0 Å². The third kappa shape index (κ3) is 3.17. The van der Waals surface area contributed by atoms with Crippen molar-refractivity contribution in [2.24, 2.45) is 0 Å². The summed E-state index contributed by atoms with van der Waals surface area (Å²) in [6.45, 7) is 6.48. The van der Waals surface area contributed by atoms with Crippen LogP contribution in [0.1, 0.15) is 43.6 Å². The van der Waals surface area contributed by atoms with Crippen molar-refractivity contribution in [3.8, 4) is 0 Å². The van der Waals surface area contributed by atoms with Crippen LogP contribution in [0.3, 0.4) is 0 Å². The highest BCUT2D eigenvalue weighted by Crippen LogP contribution is 2.33. The smallest absolute Gasteiger partial charge is 0.106 e. The van der Waals surface area contributed by atoms with Gasteiger partial charge in [-0.15, -0.1) is 0 Å². The summed E-state index contributed by atoms with van der Waals surface area (Å²) in [6, 6.07) is 13.2. The fraction of sp³-hybridized carbons (Fsp3) is 0.294. The molecule has 0 bridgehead atoms. The van der Waals surface area contributed by atoms with Gasteiger partial charge in [0.15, 0.2) is 0 Å². The second-order valence-electron chi connectivity index (χ2n) is 5.92. The summed E-state index contributed by atoms with van der Waals surface area (Å²) in [7, 11) is 0. The molecule has 1 atom stereocenters. The van der Waals surface area contributed by atoms with Gasteiger partial charge in [-0.3, -0.25) is 0 Å². The largest absolute Gasteiger partial charge is 0.384 e. The monoisotopic (exact) mass is 308 g/mol. The maximum Gasteiger partial charge on any atom is 0.106 e. The average molecular weight is 309 g/mol. The van der Waals surface area contributed by atoms with Gasteiger partial charge in [0, 0.05) is 5.56 Å². The van der Waals surface area contributed by atoms with Gasteiger partial charge in [-0.2, -0.15) is 0 Å². The molecule has 1 nitrogen and oxygen atoms in total. The molecule has 1 unspecified atom stereocenters. The molecule has 2 rings (SSSR count). The molecule has 2 aromatic rings. The molecule has 0 radical (unpaired) electrons. The quantitative estimate of drug-likeness (QED) is 0.790. The van der Waals surface area contributed by atoms with Gasteiger partial charge >= 0.3 is 0 Å². The van der Waals surface area contributed by atoms with E-state index in [4.69, 9.17) is 23.2 Å². The molecule has 0 aliphatic rings.